The van der Waals surface area contributed by atoms with E-state index in [1.165, 1.54) is 30.6 Å². The van der Waals surface area contributed by atoms with Crippen molar-refractivity contribution >= 4 is 12.0 Å². The molecule has 0 unspecified atom stereocenters. The molecule has 4 heteroatoms. The fourth-order valence-electron chi connectivity index (χ4n) is 0.715. The fraction of sp³-hybridized carbons (Fsp3) is 0. The lowest BCUT2D eigenvalue weighted by molar-refractivity contribution is -0.113. The van der Waals surface area contributed by atoms with Crippen molar-refractivity contribution in [2.45, 2.75) is 0 Å². The lowest BCUT2D eigenvalue weighted by atomic mass is 10.2. The number of pyridine rings is 1. The first-order valence-corrected chi connectivity index (χ1v) is 3.30. The first-order chi connectivity index (χ1) is 5.68. The Bertz CT molecular complexity index is 321. The van der Waals surface area contributed by atoms with Crippen LogP contribution in [0.5, 0.6) is 5.75 Å². The van der Waals surface area contributed by atoms with E-state index in [0.717, 1.165) is 0 Å². The summed E-state index contributed by atoms with van der Waals surface area (Å²) in [6.45, 7) is 0. The van der Waals surface area contributed by atoms with Crippen LogP contribution in [0.4, 0.5) is 0 Å². The van der Waals surface area contributed by atoms with Crippen molar-refractivity contribution < 1.29 is 9.90 Å². The van der Waals surface area contributed by atoms with Gasteiger partial charge in [-0.2, -0.15) is 0 Å². The maximum atomic E-state index is 10.3. The second kappa shape index (κ2) is 3.52. The SMILES string of the molecule is NC(=O)C=Cc1cncc(O)c1. The molecule has 1 aromatic rings. The zero-order valence-corrected chi connectivity index (χ0v) is 6.27. The molecule has 0 spiro atoms. The molecule has 1 aromatic heterocycles. The molecule has 0 saturated heterocycles. The van der Waals surface area contributed by atoms with Crippen LogP contribution in [-0.4, -0.2) is 16.0 Å². The minimum Gasteiger partial charge on any atom is -0.506 e. The minimum absolute atomic E-state index is 0.0571. The Labute approximate surface area is 69.4 Å². The van der Waals surface area contributed by atoms with E-state index in [1.54, 1.807) is 0 Å². The van der Waals surface area contributed by atoms with E-state index in [0.29, 0.717) is 5.56 Å². The molecule has 12 heavy (non-hydrogen) atoms. The zero-order chi connectivity index (χ0) is 8.97. The summed E-state index contributed by atoms with van der Waals surface area (Å²) in [7, 11) is 0. The summed E-state index contributed by atoms with van der Waals surface area (Å²) in [5, 5.41) is 8.97. The van der Waals surface area contributed by atoms with Crippen LogP contribution in [0.2, 0.25) is 0 Å². The topological polar surface area (TPSA) is 76.2 Å². The van der Waals surface area contributed by atoms with Gasteiger partial charge in [-0.05, 0) is 17.7 Å². The molecular formula is C8H8N2O2. The Morgan fingerprint density at radius 1 is 1.58 bits per heavy atom. The number of nitrogens with two attached hydrogens (primary N) is 1. The summed E-state index contributed by atoms with van der Waals surface area (Å²) in [5.74, 6) is -0.472. The van der Waals surface area contributed by atoms with Crippen LogP contribution in [0, 0.1) is 0 Å². The third kappa shape index (κ3) is 2.42. The van der Waals surface area contributed by atoms with Crippen LogP contribution in [0.3, 0.4) is 0 Å². The molecule has 1 rings (SSSR count). The molecule has 0 aliphatic rings. The summed E-state index contributed by atoms with van der Waals surface area (Å²) in [6, 6.07) is 1.48. The molecule has 0 saturated carbocycles. The fourth-order valence-corrected chi connectivity index (χ4v) is 0.715. The monoisotopic (exact) mass is 164 g/mol. The minimum atomic E-state index is -0.529. The highest BCUT2D eigenvalue weighted by Gasteiger charge is 1.90. The Hall–Kier alpha value is -1.84. The molecule has 0 radical (unpaired) electrons. The molecule has 1 heterocycles. The number of carbonyl (C=O) groups is 1. The lowest BCUT2D eigenvalue weighted by Crippen LogP contribution is -2.05. The summed E-state index contributed by atoms with van der Waals surface area (Å²) in [5.41, 5.74) is 5.50. The Morgan fingerprint density at radius 2 is 2.33 bits per heavy atom. The van der Waals surface area contributed by atoms with Gasteiger partial charge in [-0.15, -0.1) is 0 Å². The van der Waals surface area contributed by atoms with Crippen LogP contribution >= 0.6 is 0 Å². The van der Waals surface area contributed by atoms with E-state index < -0.39 is 5.91 Å². The summed E-state index contributed by atoms with van der Waals surface area (Å²) in [6.07, 6.45) is 5.51. The maximum absolute atomic E-state index is 10.3. The Balaban J connectivity index is 2.83. The molecule has 0 bridgehead atoms. The van der Waals surface area contributed by atoms with Gasteiger partial charge in [-0.25, -0.2) is 0 Å². The molecule has 0 aliphatic carbocycles. The van der Waals surface area contributed by atoms with Gasteiger partial charge in [0.2, 0.25) is 5.91 Å². The van der Waals surface area contributed by atoms with Gasteiger partial charge in [0.1, 0.15) is 5.75 Å². The summed E-state index contributed by atoms with van der Waals surface area (Å²) >= 11 is 0. The van der Waals surface area contributed by atoms with Gasteiger partial charge < -0.3 is 10.8 Å². The van der Waals surface area contributed by atoms with Crippen molar-refractivity contribution in [1.29, 1.82) is 0 Å². The van der Waals surface area contributed by atoms with Crippen LogP contribution in [0.1, 0.15) is 5.56 Å². The smallest absolute Gasteiger partial charge is 0.241 e. The Kier molecular flexibility index (Phi) is 2.42. The molecule has 3 N–H and O–H groups in total. The van der Waals surface area contributed by atoms with Crippen molar-refractivity contribution in [2.24, 2.45) is 5.73 Å². The molecule has 0 aromatic carbocycles. The van der Waals surface area contributed by atoms with Gasteiger partial charge in [0, 0.05) is 12.3 Å². The molecule has 62 valence electrons. The average Bonchev–Trinajstić information content (AvgIpc) is 2.01. The van der Waals surface area contributed by atoms with E-state index in [4.69, 9.17) is 10.8 Å². The first-order valence-electron chi connectivity index (χ1n) is 3.30. The summed E-state index contributed by atoms with van der Waals surface area (Å²) in [4.78, 5) is 14.0. The second-order valence-electron chi connectivity index (χ2n) is 2.21. The van der Waals surface area contributed by atoms with Gasteiger partial charge in [-0.1, -0.05) is 0 Å². The quantitative estimate of drug-likeness (QED) is 0.616. The second-order valence-corrected chi connectivity index (χ2v) is 2.21. The number of nitrogens with zero attached hydrogens (tertiary/aromatic N) is 1. The third-order valence-corrected chi connectivity index (χ3v) is 1.19. The van der Waals surface area contributed by atoms with Crippen LogP contribution < -0.4 is 5.73 Å². The average molecular weight is 164 g/mol. The largest absolute Gasteiger partial charge is 0.506 e. The van der Waals surface area contributed by atoms with Crippen LogP contribution in [0.15, 0.2) is 24.5 Å². The van der Waals surface area contributed by atoms with Gasteiger partial charge in [0.25, 0.3) is 0 Å². The zero-order valence-electron chi connectivity index (χ0n) is 6.27. The molecular weight excluding hydrogens is 156 g/mol. The van der Waals surface area contributed by atoms with E-state index in [2.05, 4.69) is 4.98 Å². The van der Waals surface area contributed by atoms with Crippen molar-refractivity contribution in [1.82, 2.24) is 4.98 Å². The highest BCUT2D eigenvalue weighted by atomic mass is 16.3. The molecule has 4 nitrogen and oxygen atoms in total. The number of carbonyl (C=O) groups excluding carboxylic acids is 1. The normalized spacial score (nSPS) is 10.3. The van der Waals surface area contributed by atoms with E-state index in [-0.39, 0.29) is 5.75 Å². The number of amides is 1. The predicted molar refractivity (Wildman–Crippen MR) is 44.1 cm³/mol. The number of hydrogen-bond acceptors (Lipinski definition) is 3. The molecule has 0 atom stereocenters. The van der Waals surface area contributed by atoms with Crippen LogP contribution in [0.25, 0.3) is 6.08 Å². The number of primary amides is 1. The number of hydrogen-bond donors (Lipinski definition) is 2. The number of aromatic nitrogens is 1. The van der Waals surface area contributed by atoms with Gasteiger partial charge in [0.05, 0.1) is 6.20 Å². The van der Waals surface area contributed by atoms with Crippen molar-refractivity contribution in [2.75, 3.05) is 0 Å². The highest BCUT2D eigenvalue weighted by molar-refractivity contribution is 5.90. The van der Waals surface area contributed by atoms with Gasteiger partial charge in [-0.3, -0.25) is 9.78 Å². The van der Waals surface area contributed by atoms with E-state index >= 15 is 0 Å². The predicted octanol–water partition coefficient (Wildman–Crippen LogP) is 0.286. The van der Waals surface area contributed by atoms with Crippen molar-refractivity contribution in [3.63, 3.8) is 0 Å². The standard InChI is InChI=1S/C8H8N2O2/c9-8(12)2-1-6-3-7(11)5-10-4-6/h1-5,11H,(H2,9,12). The third-order valence-electron chi connectivity index (χ3n) is 1.19. The van der Waals surface area contributed by atoms with E-state index in [9.17, 15) is 4.79 Å². The molecule has 1 amide bonds. The molecule has 0 fully saturated rings. The highest BCUT2D eigenvalue weighted by Crippen LogP contribution is 2.09. The summed E-state index contributed by atoms with van der Waals surface area (Å²) < 4.78 is 0. The first kappa shape index (κ1) is 8.26. The molecule has 0 aliphatic heterocycles. The van der Waals surface area contributed by atoms with Crippen LogP contribution in [-0.2, 0) is 4.79 Å². The van der Waals surface area contributed by atoms with E-state index in [1.807, 2.05) is 0 Å². The van der Waals surface area contributed by atoms with Crippen molar-refractivity contribution in [3.8, 4) is 5.75 Å². The lowest BCUT2D eigenvalue weighted by Gasteiger charge is -1.92. The number of aromatic hydroxyl groups is 1. The van der Waals surface area contributed by atoms with Gasteiger partial charge in [0.15, 0.2) is 0 Å². The van der Waals surface area contributed by atoms with Gasteiger partial charge >= 0.3 is 0 Å². The maximum Gasteiger partial charge on any atom is 0.241 e. The number of rotatable bonds is 2. The van der Waals surface area contributed by atoms with Crippen molar-refractivity contribution in [3.05, 3.63) is 30.1 Å². The Morgan fingerprint density at radius 3 is 2.92 bits per heavy atom.